The molecule has 2 aliphatic rings. The van der Waals surface area contributed by atoms with Crippen LogP contribution < -0.4 is 19.3 Å². The van der Waals surface area contributed by atoms with Gasteiger partial charge in [-0.05, 0) is 49.4 Å². The van der Waals surface area contributed by atoms with E-state index in [0.717, 1.165) is 62.0 Å². The SMILES string of the molecule is COc1ccc(COc2cc(N3CCO[C@H](C)C3)nc(N3CCCCCC3Cc3ccccc3)n2)cc1. The fraction of sp³-hybridized carbons (Fsp3) is 0.467. The lowest BCUT2D eigenvalue weighted by atomic mass is 10.0. The molecule has 0 spiro atoms. The molecule has 37 heavy (non-hydrogen) atoms. The summed E-state index contributed by atoms with van der Waals surface area (Å²) in [5.41, 5.74) is 2.42. The van der Waals surface area contributed by atoms with E-state index in [1.54, 1.807) is 7.11 Å². The topological polar surface area (TPSA) is 60.0 Å². The van der Waals surface area contributed by atoms with Crippen molar-refractivity contribution in [3.05, 3.63) is 71.8 Å². The van der Waals surface area contributed by atoms with E-state index >= 15 is 0 Å². The van der Waals surface area contributed by atoms with Crippen molar-refractivity contribution < 1.29 is 14.2 Å². The van der Waals surface area contributed by atoms with Crippen molar-refractivity contribution in [1.29, 1.82) is 0 Å². The minimum absolute atomic E-state index is 0.167. The number of morpholine rings is 1. The Morgan fingerprint density at radius 2 is 1.78 bits per heavy atom. The highest BCUT2D eigenvalue weighted by molar-refractivity contribution is 5.49. The van der Waals surface area contributed by atoms with Crippen LogP contribution in [-0.4, -0.2) is 55.5 Å². The maximum Gasteiger partial charge on any atom is 0.230 e. The third-order valence-electron chi connectivity index (χ3n) is 7.24. The maximum atomic E-state index is 6.26. The first-order valence-electron chi connectivity index (χ1n) is 13.5. The Hall–Kier alpha value is -3.32. The molecule has 196 valence electrons. The van der Waals surface area contributed by atoms with E-state index in [-0.39, 0.29) is 6.10 Å². The van der Waals surface area contributed by atoms with Crippen LogP contribution in [0, 0.1) is 0 Å². The third kappa shape index (κ3) is 6.72. The molecule has 3 aromatic rings. The molecular weight excluding hydrogens is 464 g/mol. The van der Waals surface area contributed by atoms with Crippen LogP contribution in [0.4, 0.5) is 11.8 Å². The second-order valence-electron chi connectivity index (χ2n) is 10.0. The zero-order valence-corrected chi connectivity index (χ0v) is 22.0. The number of benzene rings is 2. The lowest BCUT2D eigenvalue weighted by Crippen LogP contribution is -2.42. The molecule has 2 saturated heterocycles. The highest BCUT2D eigenvalue weighted by atomic mass is 16.5. The molecule has 1 unspecified atom stereocenters. The number of hydrogen-bond donors (Lipinski definition) is 0. The molecule has 7 heteroatoms. The fourth-order valence-electron chi connectivity index (χ4n) is 5.21. The van der Waals surface area contributed by atoms with Gasteiger partial charge in [0.05, 0.1) is 19.8 Å². The minimum atomic E-state index is 0.167. The van der Waals surface area contributed by atoms with Crippen molar-refractivity contribution in [3.8, 4) is 11.6 Å². The molecule has 2 aromatic carbocycles. The molecule has 2 aliphatic heterocycles. The van der Waals surface area contributed by atoms with E-state index in [1.807, 2.05) is 30.3 Å². The van der Waals surface area contributed by atoms with Gasteiger partial charge in [-0.2, -0.15) is 9.97 Å². The second-order valence-corrected chi connectivity index (χ2v) is 10.0. The standard InChI is InChI=1S/C30H38N4O3/c1-23-21-33(17-18-36-23)28-20-29(37-22-25-12-14-27(35-2)15-13-25)32-30(31-28)34-16-8-4-7-11-26(34)19-24-9-5-3-6-10-24/h3,5-6,9-10,12-15,20,23,26H,4,7-8,11,16-19,21-22H2,1-2H3/t23-,26?/m1/s1. The van der Waals surface area contributed by atoms with Crippen LogP contribution in [0.5, 0.6) is 11.6 Å². The average molecular weight is 503 g/mol. The van der Waals surface area contributed by atoms with Crippen molar-refractivity contribution in [2.45, 2.75) is 57.8 Å². The van der Waals surface area contributed by atoms with Crippen LogP contribution in [0.2, 0.25) is 0 Å². The van der Waals surface area contributed by atoms with Crippen LogP contribution in [0.3, 0.4) is 0 Å². The molecule has 1 aromatic heterocycles. The average Bonchev–Trinajstić information content (AvgIpc) is 3.18. The normalized spacial score (nSPS) is 20.4. The van der Waals surface area contributed by atoms with Gasteiger partial charge in [0.1, 0.15) is 18.2 Å². The van der Waals surface area contributed by atoms with Gasteiger partial charge in [-0.15, -0.1) is 0 Å². The number of methoxy groups -OCH3 is 1. The highest BCUT2D eigenvalue weighted by Gasteiger charge is 2.26. The van der Waals surface area contributed by atoms with Gasteiger partial charge in [-0.3, -0.25) is 0 Å². The maximum absolute atomic E-state index is 6.26. The molecule has 0 N–H and O–H groups in total. The van der Waals surface area contributed by atoms with E-state index in [2.05, 4.69) is 47.1 Å². The highest BCUT2D eigenvalue weighted by Crippen LogP contribution is 2.29. The molecule has 0 saturated carbocycles. The first kappa shape index (κ1) is 25.3. The Labute approximate surface area is 220 Å². The van der Waals surface area contributed by atoms with Gasteiger partial charge in [0, 0.05) is 31.7 Å². The number of nitrogens with zero attached hydrogens (tertiary/aromatic N) is 4. The summed E-state index contributed by atoms with van der Waals surface area (Å²) >= 11 is 0. The van der Waals surface area contributed by atoms with E-state index in [1.165, 1.54) is 18.4 Å². The first-order valence-corrected chi connectivity index (χ1v) is 13.5. The molecule has 2 fully saturated rings. The van der Waals surface area contributed by atoms with Crippen molar-refractivity contribution in [2.24, 2.45) is 0 Å². The molecule has 0 bridgehead atoms. The molecule has 3 heterocycles. The van der Waals surface area contributed by atoms with Crippen LogP contribution in [0.15, 0.2) is 60.7 Å². The number of hydrogen-bond acceptors (Lipinski definition) is 7. The molecule has 0 aliphatic carbocycles. The zero-order valence-electron chi connectivity index (χ0n) is 22.0. The van der Waals surface area contributed by atoms with E-state index in [9.17, 15) is 0 Å². The van der Waals surface area contributed by atoms with Gasteiger partial charge in [0.25, 0.3) is 0 Å². The molecule has 5 rings (SSSR count). The number of rotatable bonds is 8. The summed E-state index contributed by atoms with van der Waals surface area (Å²) in [6, 6.07) is 21.1. The number of aromatic nitrogens is 2. The van der Waals surface area contributed by atoms with Crippen molar-refractivity contribution in [3.63, 3.8) is 0 Å². The summed E-state index contributed by atoms with van der Waals surface area (Å²) in [7, 11) is 1.68. The van der Waals surface area contributed by atoms with Crippen molar-refractivity contribution in [2.75, 3.05) is 43.2 Å². The smallest absolute Gasteiger partial charge is 0.230 e. The Morgan fingerprint density at radius 1 is 0.946 bits per heavy atom. The Balaban J connectivity index is 1.43. The predicted molar refractivity (Wildman–Crippen MR) is 147 cm³/mol. The van der Waals surface area contributed by atoms with Gasteiger partial charge in [0.2, 0.25) is 11.8 Å². The molecular formula is C30H38N4O3. The quantitative estimate of drug-likeness (QED) is 0.415. The van der Waals surface area contributed by atoms with Crippen molar-refractivity contribution >= 4 is 11.8 Å². The van der Waals surface area contributed by atoms with Crippen molar-refractivity contribution in [1.82, 2.24) is 9.97 Å². The number of anilines is 2. The summed E-state index contributed by atoms with van der Waals surface area (Å²) in [6.07, 6.45) is 5.91. The summed E-state index contributed by atoms with van der Waals surface area (Å²) in [5.74, 6) is 3.12. The second kappa shape index (κ2) is 12.3. The van der Waals surface area contributed by atoms with E-state index < -0.39 is 0 Å². The Morgan fingerprint density at radius 3 is 2.57 bits per heavy atom. The molecule has 7 nitrogen and oxygen atoms in total. The van der Waals surface area contributed by atoms with Gasteiger partial charge in [0.15, 0.2) is 0 Å². The summed E-state index contributed by atoms with van der Waals surface area (Å²) in [6.45, 7) is 5.82. The number of ether oxygens (including phenoxy) is 3. The molecule has 0 amide bonds. The fourth-order valence-corrected chi connectivity index (χ4v) is 5.21. The van der Waals surface area contributed by atoms with Crippen LogP contribution in [0.25, 0.3) is 0 Å². The summed E-state index contributed by atoms with van der Waals surface area (Å²) in [4.78, 5) is 14.8. The largest absolute Gasteiger partial charge is 0.497 e. The van der Waals surface area contributed by atoms with Gasteiger partial charge < -0.3 is 24.0 Å². The first-order chi connectivity index (χ1) is 18.2. The lowest BCUT2D eigenvalue weighted by Gasteiger charge is -2.34. The Bertz CT molecular complexity index is 1130. The van der Waals surface area contributed by atoms with Crippen LogP contribution in [-0.2, 0) is 17.8 Å². The summed E-state index contributed by atoms with van der Waals surface area (Å²) in [5, 5.41) is 0. The molecule has 0 radical (unpaired) electrons. The van der Waals surface area contributed by atoms with Gasteiger partial charge in [-0.25, -0.2) is 0 Å². The lowest BCUT2D eigenvalue weighted by molar-refractivity contribution is 0.0529. The predicted octanol–water partition coefficient (Wildman–Crippen LogP) is 5.28. The van der Waals surface area contributed by atoms with Gasteiger partial charge in [-0.1, -0.05) is 55.3 Å². The minimum Gasteiger partial charge on any atom is -0.497 e. The molecule has 2 atom stereocenters. The van der Waals surface area contributed by atoms with Crippen LogP contribution >= 0.6 is 0 Å². The zero-order chi connectivity index (χ0) is 25.5. The van der Waals surface area contributed by atoms with E-state index in [0.29, 0.717) is 25.1 Å². The van der Waals surface area contributed by atoms with Gasteiger partial charge >= 0.3 is 0 Å². The Kier molecular flexibility index (Phi) is 8.41. The monoisotopic (exact) mass is 502 g/mol. The third-order valence-corrected chi connectivity index (χ3v) is 7.24. The summed E-state index contributed by atoms with van der Waals surface area (Å²) < 4.78 is 17.3. The van der Waals surface area contributed by atoms with Crippen LogP contribution in [0.1, 0.15) is 43.7 Å². The van der Waals surface area contributed by atoms with E-state index in [4.69, 9.17) is 24.2 Å².